The van der Waals surface area contributed by atoms with Gasteiger partial charge < -0.3 is 24.4 Å². The fourth-order valence-corrected chi connectivity index (χ4v) is 4.05. The maximum atomic E-state index is 12.7. The first-order valence-corrected chi connectivity index (χ1v) is 9.77. The molecule has 2 aliphatic heterocycles. The molecule has 0 bridgehead atoms. The summed E-state index contributed by atoms with van der Waals surface area (Å²) in [6.07, 6.45) is 4.88. The summed E-state index contributed by atoms with van der Waals surface area (Å²) in [5.74, 6) is 0.0402. The van der Waals surface area contributed by atoms with E-state index < -0.39 is 5.60 Å². The molecule has 2 heterocycles. The van der Waals surface area contributed by atoms with Crippen LogP contribution >= 0.6 is 0 Å². The van der Waals surface area contributed by atoms with Crippen molar-refractivity contribution in [3.8, 4) is 0 Å². The molecule has 1 saturated carbocycles. The molecule has 144 valence electrons. The number of nitrogens with zero attached hydrogens (tertiary/aromatic N) is 2. The molecule has 1 aliphatic carbocycles. The summed E-state index contributed by atoms with van der Waals surface area (Å²) in [5, 5.41) is 10.3. The molecule has 1 spiro atoms. The maximum absolute atomic E-state index is 12.7. The molecule has 2 unspecified atom stereocenters. The molecule has 3 fully saturated rings. The van der Waals surface area contributed by atoms with Gasteiger partial charge in [0, 0.05) is 19.1 Å². The Morgan fingerprint density at radius 1 is 1.36 bits per heavy atom. The van der Waals surface area contributed by atoms with Crippen LogP contribution in [-0.2, 0) is 14.3 Å². The minimum atomic E-state index is -0.767. The predicted octanol–water partition coefficient (Wildman–Crippen LogP) is 1.41. The van der Waals surface area contributed by atoms with Crippen LogP contribution in [0.5, 0.6) is 0 Å². The third kappa shape index (κ3) is 4.54. The van der Waals surface area contributed by atoms with E-state index in [0.717, 1.165) is 38.6 Å². The third-order valence-corrected chi connectivity index (χ3v) is 6.18. The van der Waals surface area contributed by atoms with Crippen LogP contribution in [0.25, 0.3) is 0 Å². The monoisotopic (exact) mass is 354 g/mol. The van der Waals surface area contributed by atoms with Crippen molar-refractivity contribution in [2.45, 2.75) is 75.7 Å². The van der Waals surface area contributed by atoms with Crippen molar-refractivity contribution in [3.05, 3.63) is 0 Å². The van der Waals surface area contributed by atoms with Crippen molar-refractivity contribution in [3.63, 3.8) is 0 Å². The smallest absolute Gasteiger partial charge is 0.225 e. The molecule has 0 radical (unpaired) electrons. The summed E-state index contributed by atoms with van der Waals surface area (Å²) in [4.78, 5) is 16.9. The largest absolute Gasteiger partial charge is 0.389 e. The zero-order valence-electron chi connectivity index (χ0n) is 16.0. The van der Waals surface area contributed by atoms with E-state index in [-0.39, 0.29) is 24.0 Å². The van der Waals surface area contributed by atoms with Gasteiger partial charge in [-0.1, -0.05) is 0 Å². The average Bonchev–Trinajstić information content (AvgIpc) is 2.78. The van der Waals surface area contributed by atoms with Crippen molar-refractivity contribution in [2.24, 2.45) is 0 Å². The second kappa shape index (κ2) is 7.51. The number of hydrogen-bond donors (Lipinski definition) is 1. The van der Waals surface area contributed by atoms with Gasteiger partial charge >= 0.3 is 0 Å². The number of rotatable bonds is 5. The molecule has 1 amide bonds. The Labute approximate surface area is 151 Å². The number of aliphatic hydroxyl groups is 1. The minimum Gasteiger partial charge on any atom is -0.389 e. The molecule has 2 atom stereocenters. The van der Waals surface area contributed by atoms with E-state index >= 15 is 0 Å². The molecule has 0 aromatic carbocycles. The van der Waals surface area contributed by atoms with Gasteiger partial charge in [-0.05, 0) is 53.0 Å². The standard InChI is InChI=1S/C19H34N2O4/c1-15(2)20(3)12-16-5-8-19(25-16)13-21(9-10-24-14-19)17(22)11-18(23)6-4-7-18/h15-16,23H,4-14H2,1-3H3. The molecule has 0 aromatic heterocycles. The second-order valence-electron chi connectivity index (χ2n) is 8.62. The maximum Gasteiger partial charge on any atom is 0.225 e. The van der Waals surface area contributed by atoms with E-state index in [9.17, 15) is 9.90 Å². The highest BCUT2D eigenvalue weighted by atomic mass is 16.6. The quantitative estimate of drug-likeness (QED) is 0.809. The van der Waals surface area contributed by atoms with Crippen LogP contribution in [0.4, 0.5) is 0 Å². The van der Waals surface area contributed by atoms with Crippen molar-refractivity contribution in [2.75, 3.05) is 39.9 Å². The number of likely N-dealkylation sites (N-methyl/N-ethyl adjacent to an activating group) is 1. The molecule has 6 nitrogen and oxygen atoms in total. The van der Waals surface area contributed by atoms with Crippen LogP contribution in [0.1, 0.15) is 52.4 Å². The topological polar surface area (TPSA) is 62.2 Å². The number of hydrogen-bond acceptors (Lipinski definition) is 5. The molecule has 6 heteroatoms. The van der Waals surface area contributed by atoms with E-state index in [2.05, 4.69) is 25.8 Å². The zero-order chi connectivity index (χ0) is 18.1. The lowest BCUT2D eigenvalue weighted by Gasteiger charge is -2.38. The Bertz CT molecular complexity index is 480. The van der Waals surface area contributed by atoms with Gasteiger partial charge in [0.15, 0.2) is 0 Å². The lowest BCUT2D eigenvalue weighted by molar-refractivity contribution is -0.145. The van der Waals surface area contributed by atoms with Crippen LogP contribution in [0.2, 0.25) is 0 Å². The molecular formula is C19H34N2O4. The summed E-state index contributed by atoms with van der Waals surface area (Å²) in [6, 6.07) is 0.492. The number of carbonyl (C=O) groups excluding carboxylic acids is 1. The van der Waals surface area contributed by atoms with Crippen LogP contribution in [0.15, 0.2) is 0 Å². The van der Waals surface area contributed by atoms with E-state index in [0.29, 0.717) is 32.3 Å². The SMILES string of the molecule is CC(C)N(C)CC1CCC2(COCCN(C(=O)CC3(O)CCC3)C2)O1. The first kappa shape index (κ1) is 19.1. The average molecular weight is 354 g/mol. The summed E-state index contributed by atoms with van der Waals surface area (Å²) in [6.45, 7) is 7.57. The molecule has 3 rings (SSSR count). The Morgan fingerprint density at radius 2 is 2.12 bits per heavy atom. The van der Waals surface area contributed by atoms with Gasteiger partial charge in [0.25, 0.3) is 0 Å². The Balaban J connectivity index is 1.59. The Kier molecular flexibility index (Phi) is 5.73. The van der Waals surface area contributed by atoms with E-state index in [1.807, 2.05) is 4.90 Å². The van der Waals surface area contributed by atoms with Gasteiger partial charge in [0.05, 0.1) is 37.9 Å². The normalized spacial score (nSPS) is 32.2. The number of carbonyl (C=O) groups is 1. The fourth-order valence-electron chi connectivity index (χ4n) is 4.05. The predicted molar refractivity (Wildman–Crippen MR) is 95.4 cm³/mol. The van der Waals surface area contributed by atoms with E-state index in [4.69, 9.17) is 9.47 Å². The highest BCUT2D eigenvalue weighted by molar-refractivity contribution is 5.77. The van der Waals surface area contributed by atoms with Crippen molar-refractivity contribution in [1.82, 2.24) is 9.80 Å². The number of amides is 1. The van der Waals surface area contributed by atoms with Crippen LogP contribution in [0.3, 0.4) is 0 Å². The minimum absolute atomic E-state index is 0.0402. The fraction of sp³-hybridized carbons (Fsp3) is 0.947. The van der Waals surface area contributed by atoms with Crippen molar-refractivity contribution in [1.29, 1.82) is 0 Å². The van der Waals surface area contributed by atoms with Gasteiger partial charge in [-0.2, -0.15) is 0 Å². The summed E-state index contributed by atoms with van der Waals surface area (Å²) in [7, 11) is 2.12. The van der Waals surface area contributed by atoms with E-state index in [1.165, 1.54) is 0 Å². The molecule has 3 aliphatic rings. The van der Waals surface area contributed by atoms with Crippen LogP contribution in [-0.4, -0.2) is 84.1 Å². The highest BCUT2D eigenvalue weighted by Crippen LogP contribution is 2.37. The van der Waals surface area contributed by atoms with Gasteiger partial charge in [0.2, 0.25) is 5.91 Å². The Hall–Kier alpha value is -0.690. The lowest BCUT2D eigenvalue weighted by atomic mass is 9.77. The molecule has 1 N–H and O–H groups in total. The molecule has 25 heavy (non-hydrogen) atoms. The Morgan fingerprint density at radius 3 is 2.76 bits per heavy atom. The van der Waals surface area contributed by atoms with Gasteiger partial charge in [-0.25, -0.2) is 0 Å². The number of ether oxygens (including phenoxy) is 2. The lowest BCUT2D eigenvalue weighted by Crippen LogP contribution is -2.50. The first-order valence-electron chi connectivity index (χ1n) is 9.77. The molecule has 2 saturated heterocycles. The molecular weight excluding hydrogens is 320 g/mol. The second-order valence-corrected chi connectivity index (χ2v) is 8.62. The van der Waals surface area contributed by atoms with Gasteiger partial charge in [-0.15, -0.1) is 0 Å². The highest BCUT2D eigenvalue weighted by Gasteiger charge is 2.45. The summed E-state index contributed by atoms with van der Waals surface area (Å²) < 4.78 is 12.2. The third-order valence-electron chi connectivity index (χ3n) is 6.18. The van der Waals surface area contributed by atoms with Gasteiger partial charge in [0.1, 0.15) is 5.60 Å². The van der Waals surface area contributed by atoms with Gasteiger partial charge in [-0.3, -0.25) is 4.79 Å². The van der Waals surface area contributed by atoms with Crippen LogP contribution < -0.4 is 0 Å². The zero-order valence-corrected chi connectivity index (χ0v) is 16.0. The van der Waals surface area contributed by atoms with Crippen molar-refractivity contribution < 1.29 is 19.4 Å². The summed E-state index contributed by atoms with van der Waals surface area (Å²) >= 11 is 0. The van der Waals surface area contributed by atoms with E-state index in [1.54, 1.807) is 0 Å². The van der Waals surface area contributed by atoms with Crippen LogP contribution in [0, 0.1) is 0 Å². The van der Waals surface area contributed by atoms with Crippen molar-refractivity contribution >= 4 is 5.91 Å². The summed E-state index contributed by atoms with van der Waals surface area (Å²) in [5.41, 5.74) is -1.15. The first-order chi connectivity index (χ1) is 11.8. The molecule has 0 aromatic rings.